The van der Waals surface area contributed by atoms with E-state index in [2.05, 4.69) is 18.5 Å². The summed E-state index contributed by atoms with van der Waals surface area (Å²) in [6.07, 6.45) is 0.161. The maximum absolute atomic E-state index is 11.5. The lowest BCUT2D eigenvalue weighted by Gasteiger charge is -2.25. The molecule has 16 heavy (non-hydrogen) atoms. The predicted molar refractivity (Wildman–Crippen MR) is 64.2 cm³/mol. The number of aliphatic hydroxyl groups is 1. The molecule has 0 aliphatic carbocycles. The average molecular weight is 227 g/mol. The third-order valence-electron chi connectivity index (χ3n) is 1.82. The smallest absolute Gasteiger partial charge is 0.408 e. The Labute approximate surface area is 97.0 Å². The molecule has 0 aromatic heterocycles. The fraction of sp³-hybridized carbons (Fsp3) is 0.583. The van der Waals surface area contributed by atoms with Gasteiger partial charge in [0.2, 0.25) is 0 Å². The number of hydrogen-bond donors (Lipinski definition) is 2. The zero-order valence-corrected chi connectivity index (χ0v) is 10.4. The molecule has 0 bridgehead atoms. The highest BCUT2D eigenvalue weighted by Crippen LogP contribution is 2.10. The molecule has 0 saturated heterocycles. The molecule has 0 aliphatic heterocycles. The van der Waals surface area contributed by atoms with Crippen LogP contribution in [-0.2, 0) is 4.74 Å². The van der Waals surface area contributed by atoms with Crippen LogP contribution in [0.5, 0.6) is 0 Å². The van der Waals surface area contributed by atoms with Gasteiger partial charge >= 0.3 is 6.09 Å². The van der Waals surface area contributed by atoms with E-state index in [0.717, 1.165) is 0 Å². The van der Waals surface area contributed by atoms with Gasteiger partial charge in [0.1, 0.15) is 5.60 Å². The van der Waals surface area contributed by atoms with Crippen molar-refractivity contribution in [3.05, 3.63) is 24.8 Å². The van der Waals surface area contributed by atoms with E-state index in [-0.39, 0.29) is 0 Å². The highest BCUT2D eigenvalue weighted by atomic mass is 16.6. The van der Waals surface area contributed by atoms with E-state index in [1.165, 1.54) is 6.08 Å². The van der Waals surface area contributed by atoms with E-state index in [0.29, 0.717) is 5.57 Å². The fourth-order valence-electron chi connectivity index (χ4n) is 1.08. The predicted octanol–water partition coefficient (Wildman–Crippen LogP) is 2.00. The van der Waals surface area contributed by atoms with Crippen molar-refractivity contribution in [1.29, 1.82) is 0 Å². The summed E-state index contributed by atoms with van der Waals surface area (Å²) in [5.41, 5.74) is -0.0242. The number of rotatable bonds is 4. The number of ether oxygens (including phenoxy) is 1. The van der Waals surface area contributed by atoms with Crippen LogP contribution in [0.4, 0.5) is 4.79 Å². The summed E-state index contributed by atoms with van der Waals surface area (Å²) in [5.74, 6) is 0. The molecular formula is C12H21NO3. The Morgan fingerprint density at radius 3 is 2.31 bits per heavy atom. The number of aliphatic hydroxyl groups excluding tert-OH is 1. The van der Waals surface area contributed by atoms with Crippen molar-refractivity contribution in [1.82, 2.24) is 5.32 Å². The van der Waals surface area contributed by atoms with Gasteiger partial charge in [-0.25, -0.2) is 4.79 Å². The number of amides is 1. The first-order valence-electron chi connectivity index (χ1n) is 5.16. The quantitative estimate of drug-likeness (QED) is 0.722. The van der Waals surface area contributed by atoms with Crippen molar-refractivity contribution in [3.8, 4) is 0 Å². The van der Waals surface area contributed by atoms with Gasteiger partial charge in [0, 0.05) is 0 Å². The molecule has 4 heteroatoms. The van der Waals surface area contributed by atoms with Gasteiger partial charge in [-0.05, 0) is 33.3 Å². The molecule has 0 aliphatic rings. The van der Waals surface area contributed by atoms with Gasteiger partial charge in [-0.1, -0.05) is 19.2 Å². The Morgan fingerprint density at radius 1 is 1.50 bits per heavy atom. The van der Waals surface area contributed by atoms with Gasteiger partial charge < -0.3 is 15.2 Å². The monoisotopic (exact) mass is 227 g/mol. The third kappa shape index (κ3) is 5.56. The molecule has 0 fully saturated rings. The Kier molecular flexibility index (Phi) is 5.24. The molecule has 0 aromatic rings. The number of alkyl carbamates (subject to hydrolysis) is 1. The van der Waals surface area contributed by atoms with Crippen molar-refractivity contribution in [2.24, 2.45) is 0 Å². The molecule has 0 spiro atoms. The second-order valence-corrected chi connectivity index (χ2v) is 4.64. The molecule has 4 nitrogen and oxygen atoms in total. The molecule has 0 heterocycles. The van der Waals surface area contributed by atoms with Crippen molar-refractivity contribution < 1.29 is 14.6 Å². The number of carbonyl (C=O) groups is 1. The van der Waals surface area contributed by atoms with Crippen LogP contribution in [0, 0.1) is 0 Å². The van der Waals surface area contributed by atoms with Crippen molar-refractivity contribution in [2.45, 2.75) is 45.4 Å². The van der Waals surface area contributed by atoms with Crippen LogP contribution in [0.25, 0.3) is 0 Å². The van der Waals surface area contributed by atoms with Crippen LogP contribution in [-0.4, -0.2) is 28.9 Å². The highest BCUT2D eigenvalue weighted by Gasteiger charge is 2.23. The molecule has 2 atom stereocenters. The molecule has 2 unspecified atom stereocenters. The van der Waals surface area contributed by atoms with Crippen molar-refractivity contribution in [3.63, 3.8) is 0 Å². The van der Waals surface area contributed by atoms with E-state index in [9.17, 15) is 9.90 Å². The second kappa shape index (κ2) is 5.70. The Bertz CT molecular complexity index is 276. The number of hydrogen-bond acceptors (Lipinski definition) is 3. The van der Waals surface area contributed by atoms with Crippen LogP contribution in [0.3, 0.4) is 0 Å². The molecule has 0 aromatic carbocycles. The first-order valence-corrected chi connectivity index (χ1v) is 5.16. The summed E-state index contributed by atoms with van der Waals surface area (Å²) in [7, 11) is 0. The lowest BCUT2D eigenvalue weighted by molar-refractivity contribution is 0.0461. The third-order valence-corrected chi connectivity index (χ3v) is 1.82. The van der Waals surface area contributed by atoms with Crippen molar-refractivity contribution >= 4 is 6.09 Å². The Balaban J connectivity index is 4.48. The largest absolute Gasteiger partial charge is 0.444 e. The summed E-state index contributed by atoms with van der Waals surface area (Å²) in [6, 6.07) is -0.577. The van der Waals surface area contributed by atoms with Crippen LogP contribution in [0.1, 0.15) is 27.7 Å². The Hall–Kier alpha value is -1.29. The van der Waals surface area contributed by atoms with Gasteiger partial charge in [-0.15, -0.1) is 0 Å². The average Bonchev–Trinajstić information content (AvgIpc) is 2.09. The fourth-order valence-corrected chi connectivity index (χ4v) is 1.08. The first kappa shape index (κ1) is 14.7. The Morgan fingerprint density at radius 2 is 2.00 bits per heavy atom. The van der Waals surface area contributed by atoms with Crippen LogP contribution in [0.15, 0.2) is 24.8 Å². The van der Waals surface area contributed by atoms with Crippen molar-refractivity contribution in [2.75, 3.05) is 0 Å². The summed E-state index contributed by atoms with van der Waals surface area (Å²) in [5, 5.41) is 12.0. The second-order valence-electron chi connectivity index (χ2n) is 4.64. The van der Waals surface area contributed by atoms with Gasteiger partial charge in [0.25, 0.3) is 0 Å². The molecular weight excluding hydrogens is 206 g/mol. The normalized spacial score (nSPS) is 14.8. The van der Waals surface area contributed by atoms with Gasteiger partial charge in [-0.2, -0.15) is 0 Å². The van der Waals surface area contributed by atoms with E-state index >= 15 is 0 Å². The molecule has 0 saturated carbocycles. The van der Waals surface area contributed by atoms with E-state index in [1.54, 1.807) is 27.7 Å². The minimum Gasteiger partial charge on any atom is -0.444 e. The molecule has 1 amide bonds. The number of nitrogens with one attached hydrogen (secondary N) is 1. The zero-order chi connectivity index (χ0) is 12.9. The summed E-state index contributed by atoms with van der Waals surface area (Å²) in [6.45, 7) is 14.1. The van der Waals surface area contributed by atoms with Crippen LogP contribution >= 0.6 is 0 Å². The van der Waals surface area contributed by atoms with Gasteiger partial charge in [0.15, 0.2) is 0 Å². The summed E-state index contributed by atoms with van der Waals surface area (Å²) >= 11 is 0. The summed E-state index contributed by atoms with van der Waals surface area (Å²) in [4.78, 5) is 11.5. The summed E-state index contributed by atoms with van der Waals surface area (Å²) < 4.78 is 5.08. The topological polar surface area (TPSA) is 58.6 Å². The lowest BCUT2D eigenvalue weighted by Crippen LogP contribution is -2.45. The molecule has 2 N–H and O–H groups in total. The van der Waals surface area contributed by atoms with E-state index in [1.807, 2.05) is 0 Å². The molecule has 0 rings (SSSR count). The SMILES string of the molecule is C=CC(=C)C(NC(=O)OC(C)(C)C)C(C)O. The van der Waals surface area contributed by atoms with Crippen LogP contribution in [0.2, 0.25) is 0 Å². The number of carbonyl (C=O) groups excluding carboxylic acids is 1. The maximum atomic E-state index is 11.5. The molecule has 0 radical (unpaired) electrons. The van der Waals surface area contributed by atoms with E-state index < -0.39 is 23.8 Å². The van der Waals surface area contributed by atoms with E-state index in [4.69, 9.17) is 4.74 Å². The van der Waals surface area contributed by atoms with Crippen LogP contribution < -0.4 is 5.32 Å². The zero-order valence-electron chi connectivity index (χ0n) is 10.4. The maximum Gasteiger partial charge on any atom is 0.408 e. The lowest BCUT2D eigenvalue weighted by atomic mass is 10.0. The standard InChI is InChI=1S/C12H21NO3/c1-7-8(2)10(9(3)14)13-11(15)16-12(4,5)6/h7,9-10,14H,1-2H2,3-6H3,(H,13,15). The first-order chi connectivity index (χ1) is 7.17. The minimum absolute atomic E-state index is 0.542. The highest BCUT2D eigenvalue weighted by molar-refractivity contribution is 5.69. The molecule has 92 valence electrons. The van der Waals surface area contributed by atoms with Gasteiger partial charge in [0.05, 0.1) is 12.1 Å². The van der Waals surface area contributed by atoms with Gasteiger partial charge in [-0.3, -0.25) is 0 Å². The minimum atomic E-state index is -0.752.